The number of hydrogen-bond donors (Lipinski definition) is 1. The second kappa shape index (κ2) is 10.1. The highest BCUT2D eigenvalue weighted by molar-refractivity contribution is 8.00. The number of hydrogen-bond acceptors (Lipinski definition) is 5. The van der Waals surface area contributed by atoms with Crippen LogP contribution < -0.4 is 5.32 Å². The number of amides is 1. The van der Waals surface area contributed by atoms with E-state index < -0.39 is 10.2 Å². The van der Waals surface area contributed by atoms with Gasteiger partial charge in [0.05, 0.1) is 27.8 Å². The van der Waals surface area contributed by atoms with E-state index in [-0.39, 0.29) is 17.3 Å². The third-order valence-electron chi connectivity index (χ3n) is 5.24. The summed E-state index contributed by atoms with van der Waals surface area (Å²) in [6.07, 6.45) is 1.77. The number of nitro benzene ring substituents is 1. The average Bonchev–Trinajstić information content (AvgIpc) is 3.23. The third kappa shape index (κ3) is 4.98. The van der Waals surface area contributed by atoms with Crippen molar-refractivity contribution in [3.05, 3.63) is 99.7 Å². The van der Waals surface area contributed by atoms with Crippen molar-refractivity contribution >= 4 is 40.6 Å². The maximum absolute atomic E-state index is 12.9. The minimum atomic E-state index is -0.567. The molecule has 0 fully saturated rings. The van der Waals surface area contributed by atoms with E-state index in [0.29, 0.717) is 10.2 Å². The number of benzene rings is 3. The summed E-state index contributed by atoms with van der Waals surface area (Å²) in [4.78, 5) is 28.3. The topological polar surface area (TPSA) is 90.1 Å². The van der Waals surface area contributed by atoms with E-state index in [0.717, 1.165) is 22.5 Å². The maximum atomic E-state index is 12.9. The largest absolute Gasteiger partial charge is 0.319 e. The number of rotatable bonds is 7. The monoisotopic (exact) mass is 492 g/mol. The first kappa shape index (κ1) is 23.5. The Morgan fingerprint density at radius 2 is 1.76 bits per heavy atom. The lowest BCUT2D eigenvalue weighted by Gasteiger charge is -2.17. The second-order valence-electron chi connectivity index (χ2n) is 7.58. The third-order valence-corrected chi connectivity index (χ3v) is 6.55. The molecule has 0 unspecified atom stereocenters. The molecule has 1 amide bonds. The maximum Gasteiger partial charge on any atom is 0.292 e. The van der Waals surface area contributed by atoms with Crippen molar-refractivity contribution in [2.75, 3.05) is 5.32 Å². The van der Waals surface area contributed by atoms with Crippen LogP contribution in [0.3, 0.4) is 0 Å². The molecular weight excluding hydrogens is 472 g/mol. The molecule has 0 bridgehead atoms. The fourth-order valence-corrected chi connectivity index (χ4v) is 4.50. The number of nitro groups is 1. The zero-order valence-corrected chi connectivity index (χ0v) is 20.0. The average molecular weight is 493 g/mol. The molecule has 1 heterocycles. The Morgan fingerprint density at radius 1 is 1.09 bits per heavy atom. The van der Waals surface area contributed by atoms with Crippen LogP contribution in [0.5, 0.6) is 0 Å². The fraction of sp³-hybridized carbons (Fsp3) is 0.120. The number of aromatic nitrogens is 2. The highest BCUT2D eigenvalue weighted by Gasteiger charge is 2.23. The number of carbonyl (C=O) groups is 1. The summed E-state index contributed by atoms with van der Waals surface area (Å²) in [6, 6.07) is 21.5. The van der Waals surface area contributed by atoms with Crippen LogP contribution in [0.15, 0.2) is 84.1 Å². The molecule has 0 aliphatic heterocycles. The Hall–Kier alpha value is -3.62. The molecule has 0 radical (unpaired) electrons. The predicted octanol–water partition coefficient (Wildman–Crippen LogP) is 6.53. The van der Waals surface area contributed by atoms with Crippen LogP contribution in [-0.2, 0) is 4.79 Å². The van der Waals surface area contributed by atoms with Gasteiger partial charge in [0.25, 0.3) is 5.69 Å². The van der Waals surface area contributed by atoms with E-state index in [1.807, 2.05) is 60.0 Å². The van der Waals surface area contributed by atoms with Gasteiger partial charge in [-0.1, -0.05) is 65.8 Å². The smallest absolute Gasteiger partial charge is 0.292 e. The van der Waals surface area contributed by atoms with E-state index in [9.17, 15) is 14.9 Å². The molecule has 34 heavy (non-hydrogen) atoms. The number of halogens is 1. The Morgan fingerprint density at radius 3 is 2.47 bits per heavy atom. The van der Waals surface area contributed by atoms with Gasteiger partial charge < -0.3 is 5.32 Å². The standard InChI is InChI=1S/C25H21ClN4O3S/c1-16-7-3-5-9-21(16)29-23(18-11-13-19(26)14-12-18)15-27-25(29)34-17(2)24(31)28-20-8-4-6-10-22(20)30(32)33/h3-15,17H,1-2H3,(H,28,31)/t17-/m1/s1. The van der Waals surface area contributed by atoms with Crippen LogP contribution in [0, 0.1) is 17.0 Å². The Bertz CT molecular complexity index is 1350. The van der Waals surface area contributed by atoms with Gasteiger partial charge in [-0.25, -0.2) is 4.98 Å². The molecule has 7 nitrogen and oxygen atoms in total. The Labute approximate surface area is 205 Å². The number of para-hydroxylation sites is 3. The summed E-state index contributed by atoms with van der Waals surface area (Å²) in [5.41, 5.74) is 3.80. The first-order valence-corrected chi connectivity index (χ1v) is 11.7. The van der Waals surface area contributed by atoms with Gasteiger partial charge in [-0.15, -0.1) is 0 Å². The number of nitrogens with one attached hydrogen (secondary N) is 1. The summed E-state index contributed by atoms with van der Waals surface area (Å²) >= 11 is 7.35. The highest BCUT2D eigenvalue weighted by atomic mass is 35.5. The highest BCUT2D eigenvalue weighted by Crippen LogP contribution is 2.34. The van der Waals surface area contributed by atoms with Crippen LogP contribution in [0.25, 0.3) is 16.9 Å². The van der Waals surface area contributed by atoms with Gasteiger partial charge >= 0.3 is 0 Å². The van der Waals surface area contributed by atoms with Gasteiger partial charge in [0, 0.05) is 16.7 Å². The van der Waals surface area contributed by atoms with Crippen LogP contribution in [0.4, 0.5) is 11.4 Å². The van der Waals surface area contributed by atoms with Crippen LogP contribution in [-0.4, -0.2) is 25.6 Å². The number of carbonyl (C=O) groups excluding carboxylic acids is 1. The number of nitrogens with zero attached hydrogens (tertiary/aromatic N) is 3. The van der Waals surface area contributed by atoms with Crippen molar-refractivity contribution in [2.45, 2.75) is 24.3 Å². The van der Waals surface area contributed by atoms with E-state index in [1.165, 1.54) is 23.9 Å². The normalized spacial score (nSPS) is 11.7. The van der Waals surface area contributed by atoms with Crippen molar-refractivity contribution in [1.29, 1.82) is 0 Å². The van der Waals surface area contributed by atoms with Crippen LogP contribution in [0.2, 0.25) is 5.02 Å². The first-order valence-electron chi connectivity index (χ1n) is 10.5. The molecule has 4 aromatic rings. The number of imidazole rings is 1. The molecule has 1 N–H and O–H groups in total. The number of anilines is 1. The molecule has 0 aliphatic carbocycles. The lowest BCUT2D eigenvalue weighted by Crippen LogP contribution is -2.23. The molecule has 3 aromatic carbocycles. The van der Waals surface area contributed by atoms with Crippen molar-refractivity contribution < 1.29 is 9.72 Å². The fourth-order valence-electron chi connectivity index (χ4n) is 3.47. The van der Waals surface area contributed by atoms with Crippen LogP contribution >= 0.6 is 23.4 Å². The molecule has 0 saturated heterocycles. The second-order valence-corrected chi connectivity index (χ2v) is 9.32. The van der Waals surface area contributed by atoms with E-state index in [1.54, 1.807) is 25.3 Å². The molecule has 0 saturated carbocycles. The van der Waals surface area contributed by atoms with Crippen molar-refractivity contribution in [1.82, 2.24) is 9.55 Å². The van der Waals surface area contributed by atoms with Gasteiger partial charge in [-0.2, -0.15) is 0 Å². The van der Waals surface area contributed by atoms with E-state index >= 15 is 0 Å². The molecule has 0 spiro atoms. The number of thioether (sulfide) groups is 1. The summed E-state index contributed by atoms with van der Waals surface area (Å²) in [6.45, 7) is 3.76. The lowest BCUT2D eigenvalue weighted by atomic mass is 10.1. The van der Waals surface area contributed by atoms with Crippen molar-refractivity contribution in [3.63, 3.8) is 0 Å². The quantitative estimate of drug-likeness (QED) is 0.180. The van der Waals surface area contributed by atoms with Gasteiger partial charge in [0.15, 0.2) is 5.16 Å². The lowest BCUT2D eigenvalue weighted by molar-refractivity contribution is -0.383. The predicted molar refractivity (Wildman–Crippen MR) is 136 cm³/mol. The van der Waals surface area contributed by atoms with Crippen molar-refractivity contribution in [2.24, 2.45) is 0 Å². The summed E-state index contributed by atoms with van der Waals surface area (Å²) in [5, 5.41) is 14.7. The van der Waals surface area contributed by atoms with Gasteiger partial charge in [0.1, 0.15) is 5.69 Å². The zero-order chi connectivity index (χ0) is 24.2. The van der Waals surface area contributed by atoms with E-state index in [2.05, 4.69) is 10.3 Å². The summed E-state index contributed by atoms with van der Waals surface area (Å²) in [7, 11) is 0. The number of aryl methyl sites for hydroxylation is 1. The Kier molecular flexibility index (Phi) is 7.00. The summed E-state index contributed by atoms with van der Waals surface area (Å²) < 4.78 is 2.01. The molecule has 172 valence electrons. The molecular formula is C25H21ClN4O3S. The van der Waals surface area contributed by atoms with Gasteiger partial charge in [-0.05, 0) is 43.7 Å². The van der Waals surface area contributed by atoms with Crippen molar-refractivity contribution in [3.8, 4) is 16.9 Å². The minimum Gasteiger partial charge on any atom is -0.319 e. The van der Waals surface area contributed by atoms with Crippen LogP contribution in [0.1, 0.15) is 12.5 Å². The molecule has 9 heteroatoms. The van der Waals surface area contributed by atoms with Gasteiger partial charge in [0.2, 0.25) is 5.91 Å². The molecule has 0 aliphatic rings. The van der Waals surface area contributed by atoms with Gasteiger partial charge in [-0.3, -0.25) is 19.5 Å². The Balaban J connectivity index is 1.67. The van der Waals surface area contributed by atoms with E-state index in [4.69, 9.17) is 11.6 Å². The molecule has 1 atom stereocenters. The molecule has 1 aromatic heterocycles. The summed E-state index contributed by atoms with van der Waals surface area (Å²) in [5.74, 6) is -0.355. The minimum absolute atomic E-state index is 0.153. The SMILES string of the molecule is Cc1ccccc1-n1c(-c2ccc(Cl)cc2)cnc1S[C@H](C)C(=O)Nc1ccccc1[N+](=O)[O-]. The first-order chi connectivity index (χ1) is 16.3. The zero-order valence-electron chi connectivity index (χ0n) is 18.4. The molecule has 4 rings (SSSR count).